The van der Waals surface area contributed by atoms with E-state index < -0.39 is 5.51 Å². The summed E-state index contributed by atoms with van der Waals surface area (Å²) in [6, 6.07) is 0. The Balaban J connectivity index is 3.77. The Kier molecular flexibility index (Phi) is 6.16. The van der Waals surface area contributed by atoms with Crippen LogP contribution >= 0.6 is 23.9 Å². The summed E-state index contributed by atoms with van der Waals surface area (Å²) in [7, 11) is 0. The lowest BCUT2D eigenvalue weighted by molar-refractivity contribution is -0.0349. The van der Waals surface area contributed by atoms with Crippen LogP contribution in [0.2, 0.25) is 0 Å². The first-order valence-electron chi connectivity index (χ1n) is 3.26. The Morgan fingerprint density at radius 3 is 2.33 bits per heavy atom. The van der Waals surface area contributed by atoms with Crippen molar-refractivity contribution >= 4 is 23.9 Å². The lowest BCUT2D eigenvalue weighted by atomic mass is 10.8. The molecule has 1 N–H and O–H groups in total. The summed E-state index contributed by atoms with van der Waals surface area (Å²) < 4.78 is 36.4. The summed E-state index contributed by atoms with van der Waals surface area (Å²) in [5, 5.41) is 8.42. The quantitative estimate of drug-likeness (QED) is 0.718. The number of aliphatic hydroxyl groups excluding tert-OH is 1. The topological polar surface area (TPSA) is 23.5 Å². The van der Waals surface area contributed by atoms with Crippen LogP contribution < -0.4 is 0 Å². The predicted octanol–water partition coefficient (Wildman–Crippen LogP) is 2.12. The van der Waals surface area contributed by atoms with E-state index in [-0.39, 0.29) is 25.1 Å². The molecule has 2 nitrogen and oxygen atoms in total. The molecule has 0 aromatic carbocycles. The van der Waals surface area contributed by atoms with Crippen LogP contribution in [0.3, 0.4) is 0 Å². The maximum Gasteiger partial charge on any atom is 0.457 e. The second-order valence-corrected chi connectivity index (χ2v) is 4.33. The highest BCUT2D eigenvalue weighted by Gasteiger charge is 2.32. The highest BCUT2D eigenvalue weighted by atomic mass is 32.2. The van der Waals surface area contributed by atoms with Crippen molar-refractivity contribution < 1.29 is 18.3 Å². The van der Waals surface area contributed by atoms with Crippen molar-refractivity contribution in [2.75, 3.05) is 18.9 Å². The summed E-state index contributed by atoms with van der Waals surface area (Å²) in [5.74, 6) is 0.559. The van der Waals surface area contributed by atoms with E-state index in [9.17, 15) is 13.2 Å². The lowest BCUT2D eigenvalue weighted by Gasteiger charge is -2.18. The third-order valence-electron chi connectivity index (χ3n) is 0.761. The molecular formula is C5H10F3NOS2. The molecule has 0 radical (unpaired) electrons. The molecule has 0 fully saturated rings. The number of hydrogen-bond donors (Lipinski definition) is 1. The van der Waals surface area contributed by atoms with Gasteiger partial charge in [-0.15, -0.1) is 0 Å². The minimum atomic E-state index is -4.27. The number of hydrogen-bond acceptors (Lipinski definition) is 4. The zero-order valence-electron chi connectivity index (χ0n) is 6.47. The van der Waals surface area contributed by atoms with Gasteiger partial charge in [0.1, 0.15) is 0 Å². The van der Waals surface area contributed by atoms with E-state index in [1.165, 1.54) is 0 Å². The number of nitrogens with zero attached hydrogens (tertiary/aromatic N) is 1. The Labute approximate surface area is 77.8 Å². The van der Waals surface area contributed by atoms with Crippen LogP contribution in [0.5, 0.6) is 0 Å². The van der Waals surface area contributed by atoms with Crippen LogP contribution in [0.15, 0.2) is 0 Å². The molecule has 0 unspecified atom stereocenters. The van der Waals surface area contributed by atoms with Crippen molar-refractivity contribution in [3.05, 3.63) is 0 Å². The average molecular weight is 221 g/mol. The molecule has 0 rings (SSSR count). The molecule has 0 atom stereocenters. The van der Waals surface area contributed by atoms with Gasteiger partial charge in [0.2, 0.25) is 0 Å². The van der Waals surface area contributed by atoms with E-state index in [2.05, 4.69) is 0 Å². The van der Waals surface area contributed by atoms with Crippen molar-refractivity contribution in [3.8, 4) is 0 Å². The third kappa shape index (κ3) is 7.08. The number of aliphatic hydroxyl groups is 1. The second kappa shape index (κ2) is 5.95. The largest absolute Gasteiger partial charge is 0.457 e. The molecule has 0 aliphatic heterocycles. The molecule has 0 aromatic heterocycles. The number of halogens is 3. The van der Waals surface area contributed by atoms with Gasteiger partial charge in [0.15, 0.2) is 0 Å². The van der Waals surface area contributed by atoms with Gasteiger partial charge in [-0.3, -0.25) is 0 Å². The fraction of sp³-hybridized carbons (Fsp3) is 1.00. The molecule has 0 bridgehead atoms. The van der Waals surface area contributed by atoms with Gasteiger partial charge < -0.3 is 5.11 Å². The SMILES string of the molecule is CCSN(CCO)SC(F)(F)F. The van der Waals surface area contributed by atoms with Gasteiger partial charge in [-0.1, -0.05) is 18.9 Å². The van der Waals surface area contributed by atoms with E-state index in [4.69, 9.17) is 5.11 Å². The summed E-state index contributed by atoms with van der Waals surface area (Å²) in [6.45, 7) is 1.50. The van der Waals surface area contributed by atoms with E-state index in [1.54, 1.807) is 6.92 Å². The fourth-order valence-electron chi connectivity index (χ4n) is 0.478. The summed E-state index contributed by atoms with van der Waals surface area (Å²) >= 11 is 0.831. The van der Waals surface area contributed by atoms with Crippen molar-refractivity contribution in [1.82, 2.24) is 3.71 Å². The third-order valence-corrected chi connectivity index (χ3v) is 2.62. The maximum atomic E-state index is 11.8. The first-order chi connectivity index (χ1) is 5.49. The van der Waals surface area contributed by atoms with Crippen LogP contribution in [0.25, 0.3) is 0 Å². The lowest BCUT2D eigenvalue weighted by Crippen LogP contribution is -2.18. The first kappa shape index (κ1) is 12.4. The Bertz CT molecular complexity index is 116. The molecule has 0 heterocycles. The van der Waals surface area contributed by atoms with E-state index in [0.717, 1.165) is 15.7 Å². The maximum absolute atomic E-state index is 11.8. The van der Waals surface area contributed by atoms with E-state index in [1.807, 2.05) is 0 Å². The molecule has 7 heteroatoms. The molecule has 12 heavy (non-hydrogen) atoms. The van der Waals surface area contributed by atoms with Gasteiger partial charge in [-0.2, -0.15) is 16.9 Å². The zero-order chi connectivity index (χ0) is 9.61. The van der Waals surface area contributed by atoms with Crippen molar-refractivity contribution in [3.63, 3.8) is 0 Å². The van der Waals surface area contributed by atoms with Gasteiger partial charge in [0, 0.05) is 24.2 Å². The summed E-state index contributed by atoms with van der Waals surface area (Å²) in [6.07, 6.45) is 0. The molecule has 0 saturated carbocycles. The summed E-state index contributed by atoms with van der Waals surface area (Å²) in [5.41, 5.74) is -4.27. The number of alkyl halides is 3. The normalized spacial score (nSPS) is 12.5. The molecule has 0 saturated heterocycles. The van der Waals surface area contributed by atoms with Crippen LogP contribution in [0.1, 0.15) is 6.92 Å². The Morgan fingerprint density at radius 2 is 2.00 bits per heavy atom. The average Bonchev–Trinajstić information content (AvgIpc) is 1.84. The van der Waals surface area contributed by atoms with Crippen LogP contribution in [0, 0.1) is 0 Å². The van der Waals surface area contributed by atoms with Gasteiger partial charge >= 0.3 is 5.51 Å². The molecule has 0 aliphatic rings. The van der Waals surface area contributed by atoms with Gasteiger partial charge in [-0.05, 0) is 0 Å². The number of rotatable bonds is 5. The van der Waals surface area contributed by atoms with Gasteiger partial charge in [0.05, 0.1) is 6.61 Å². The molecule has 74 valence electrons. The summed E-state index contributed by atoms with van der Waals surface area (Å²) in [4.78, 5) is 0. The molecule has 0 amide bonds. The predicted molar refractivity (Wildman–Crippen MR) is 45.6 cm³/mol. The zero-order valence-corrected chi connectivity index (χ0v) is 8.10. The van der Waals surface area contributed by atoms with E-state index >= 15 is 0 Å². The van der Waals surface area contributed by atoms with E-state index in [0.29, 0.717) is 5.75 Å². The highest BCUT2D eigenvalue weighted by molar-refractivity contribution is 8.12. The second-order valence-electron chi connectivity index (χ2n) is 1.73. The van der Waals surface area contributed by atoms with Crippen LogP contribution in [-0.4, -0.2) is 33.2 Å². The highest BCUT2D eigenvalue weighted by Crippen LogP contribution is 2.36. The van der Waals surface area contributed by atoms with Crippen LogP contribution in [0.4, 0.5) is 13.2 Å². The first-order valence-corrected chi connectivity index (χ1v) is 4.98. The molecular weight excluding hydrogens is 211 g/mol. The molecule has 0 aromatic rings. The smallest absolute Gasteiger partial charge is 0.395 e. The molecule has 0 aliphatic carbocycles. The Hall–Kier alpha value is 0.410. The standard InChI is InChI=1S/C5H10F3NOS2/c1-2-11-9(3-4-10)12-5(6,7)8/h10H,2-4H2,1H3. The van der Waals surface area contributed by atoms with Crippen molar-refractivity contribution in [2.24, 2.45) is 0 Å². The van der Waals surface area contributed by atoms with Crippen LogP contribution in [-0.2, 0) is 0 Å². The minimum absolute atomic E-state index is 0.0166. The minimum Gasteiger partial charge on any atom is -0.395 e. The molecule has 0 spiro atoms. The van der Waals surface area contributed by atoms with Gasteiger partial charge in [-0.25, -0.2) is 0 Å². The van der Waals surface area contributed by atoms with Crippen molar-refractivity contribution in [1.29, 1.82) is 0 Å². The van der Waals surface area contributed by atoms with Gasteiger partial charge in [0.25, 0.3) is 0 Å². The fourth-order valence-corrected chi connectivity index (χ4v) is 2.16. The van der Waals surface area contributed by atoms with Crippen molar-refractivity contribution in [2.45, 2.75) is 12.4 Å². The monoisotopic (exact) mass is 221 g/mol. The Morgan fingerprint density at radius 1 is 1.42 bits per heavy atom.